The van der Waals surface area contributed by atoms with Gasteiger partial charge in [-0.2, -0.15) is 0 Å². The molecule has 1 aliphatic carbocycles. The van der Waals surface area contributed by atoms with Gasteiger partial charge in [-0.05, 0) is 69.8 Å². The maximum atomic E-state index is 13.1. The number of nitrogens with one attached hydrogen (secondary N) is 1. The molecule has 2 aromatic rings. The molecule has 1 saturated carbocycles. The van der Waals surface area contributed by atoms with Crippen LogP contribution in [0, 0.1) is 18.7 Å². The quantitative estimate of drug-likeness (QED) is 0.838. The zero-order chi connectivity index (χ0) is 17.1. The van der Waals surface area contributed by atoms with Gasteiger partial charge in [-0.25, -0.2) is 9.37 Å². The minimum absolute atomic E-state index is 0.129. The number of hydrogen-bond acceptors (Lipinski definition) is 4. The van der Waals surface area contributed by atoms with Gasteiger partial charge in [-0.1, -0.05) is 6.42 Å². The second kappa shape index (κ2) is 7.72. The molecule has 0 radical (unpaired) electrons. The van der Waals surface area contributed by atoms with Crippen molar-refractivity contribution in [3.63, 3.8) is 0 Å². The first-order valence-corrected chi connectivity index (χ1v) is 9.49. The van der Waals surface area contributed by atoms with Crippen molar-refractivity contribution in [2.75, 3.05) is 6.54 Å². The molecule has 0 aliphatic heterocycles. The highest BCUT2D eigenvalue weighted by Crippen LogP contribution is 2.32. The molecule has 1 fully saturated rings. The fourth-order valence-corrected chi connectivity index (χ4v) is 4.51. The molecule has 1 aromatic carbocycles. The molecule has 5 heteroatoms. The topological polar surface area (TPSA) is 45.2 Å². The summed E-state index contributed by atoms with van der Waals surface area (Å²) in [6.07, 6.45) is 4.04. The van der Waals surface area contributed by atoms with Crippen LogP contribution in [0.4, 0.5) is 4.39 Å². The van der Waals surface area contributed by atoms with Gasteiger partial charge in [-0.3, -0.25) is 0 Å². The molecule has 1 aliphatic rings. The molecule has 0 amide bonds. The van der Waals surface area contributed by atoms with Crippen LogP contribution in [-0.2, 0) is 0 Å². The smallest absolute Gasteiger partial charge is 0.123 e. The van der Waals surface area contributed by atoms with Gasteiger partial charge in [-0.15, -0.1) is 11.3 Å². The Hall–Kier alpha value is -1.30. The van der Waals surface area contributed by atoms with Crippen LogP contribution in [0.2, 0.25) is 0 Å². The highest BCUT2D eigenvalue weighted by Gasteiger charge is 2.21. The molecule has 3 rings (SSSR count). The maximum Gasteiger partial charge on any atom is 0.123 e. The predicted octanol–water partition coefficient (Wildman–Crippen LogP) is 4.46. The van der Waals surface area contributed by atoms with Crippen molar-refractivity contribution >= 4 is 11.3 Å². The second-order valence-corrected chi connectivity index (χ2v) is 7.82. The van der Waals surface area contributed by atoms with Crippen LogP contribution in [-0.4, -0.2) is 22.7 Å². The molecule has 1 heterocycles. The molecule has 0 spiro atoms. The van der Waals surface area contributed by atoms with Gasteiger partial charge in [0, 0.05) is 16.5 Å². The number of rotatable bonds is 5. The number of thiazole rings is 1. The highest BCUT2D eigenvalue weighted by atomic mass is 32.1. The Balaban J connectivity index is 1.64. The molecule has 2 N–H and O–H groups in total. The first-order chi connectivity index (χ1) is 11.5. The van der Waals surface area contributed by atoms with Crippen molar-refractivity contribution in [3.05, 3.63) is 40.7 Å². The second-order valence-electron chi connectivity index (χ2n) is 6.79. The summed E-state index contributed by atoms with van der Waals surface area (Å²) >= 11 is 1.67. The van der Waals surface area contributed by atoms with Crippen molar-refractivity contribution in [1.29, 1.82) is 0 Å². The van der Waals surface area contributed by atoms with Crippen molar-refractivity contribution in [1.82, 2.24) is 10.3 Å². The van der Waals surface area contributed by atoms with Crippen LogP contribution < -0.4 is 5.32 Å². The number of halogens is 1. The van der Waals surface area contributed by atoms with E-state index in [2.05, 4.69) is 17.2 Å². The van der Waals surface area contributed by atoms with Crippen LogP contribution in [0.15, 0.2) is 24.3 Å². The fourth-order valence-electron chi connectivity index (χ4n) is 3.41. The van der Waals surface area contributed by atoms with E-state index in [1.165, 1.54) is 23.4 Å². The molecule has 0 saturated heterocycles. The van der Waals surface area contributed by atoms with Crippen molar-refractivity contribution < 1.29 is 9.50 Å². The average molecular weight is 348 g/mol. The van der Waals surface area contributed by atoms with Gasteiger partial charge in [0.2, 0.25) is 0 Å². The lowest BCUT2D eigenvalue weighted by Gasteiger charge is -2.27. The SMILES string of the molecule is Cc1nc(-c2ccc(F)cc2)sc1C(C)NCC1CCCC(O)C1. The normalized spacial score (nSPS) is 22.5. The summed E-state index contributed by atoms with van der Waals surface area (Å²) < 4.78 is 13.1. The lowest BCUT2D eigenvalue weighted by molar-refractivity contribution is 0.0998. The summed E-state index contributed by atoms with van der Waals surface area (Å²) in [7, 11) is 0. The summed E-state index contributed by atoms with van der Waals surface area (Å²) in [5.74, 6) is 0.331. The molecule has 24 heavy (non-hydrogen) atoms. The third-order valence-corrected chi connectivity index (χ3v) is 6.17. The molecular formula is C19H25FN2OS. The molecule has 1 aromatic heterocycles. The Bertz CT molecular complexity index is 671. The van der Waals surface area contributed by atoms with Crippen molar-refractivity contribution in [2.45, 2.75) is 51.7 Å². The van der Waals surface area contributed by atoms with E-state index in [9.17, 15) is 9.50 Å². The zero-order valence-corrected chi connectivity index (χ0v) is 15.1. The Kier molecular flexibility index (Phi) is 5.64. The van der Waals surface area contributed by atoms with Gasteiger partial charge in [0.15, 0.2) is 0 Å². The van der Waals surface area contributed by atoms with E-state index in [1.54, 1.807) is 23.5 Å². The van der Waals surface area contributed by atoms with Gasteiger partial charge in [0.1, 0.15) is 10.8 Å². The molecule has 0 bridgehead atoms. The predicted molar refractivity (Wildman–Crippen MR) is 96.6 cm³/mol. The van der Waals surface area contributed by atoms with E-state index in [0.29, 0.717) is 5.92 Å². The van der Waals surface area contributed by atoms with E-state index in [-0.39, 0.29) is 18.0 Å². The number of aliphatic hydroxyl groups excluding tert-OH is 1. The summed E-state index contributed by atoms with van der Waals surface area (Å²) in [6, 6.07) is 6.73. The lowest BCUT2D eigenvalue weighted by Crippen LogP contribution is -2.30. The molecule has 3 atom stereocenters. The average Bonchev–Trinajstić information content (AvgIpc) is 2.95. The van der Waals surface area contributed by atoms with Crippen molar-refractivity contribution in [2.24, 2.45) is 5.92 Å². The first-order valence-electron chi connectivity index (χ1n) is 8.67. The summed E-state index contributed by atoms with van der Waals surface area (Å²) in [5.41, 5.74) is 1.99. The van der Waals surface area contributed by atoms with Gasteiger partial charge >= 0.3 is 0 Å². The van der Waals surface area contributed by atoms with E-state index < -0.39 is 0 Å². The molecular weight excluding hydrogens is 323 g/mol. The Morgan fingerprint density at radius 1 is 1.33 bits per heavy atom. The van der Waals surface area contributed by atoms with Gasteiger partial charge in [0.25, 0.3) is 0 Å². The fraction of sp³-hybridized carbons (Fsp3) is 0.526. The Labute approximate surface area is 147 Å². The summed E-state index contributed by atoms with van der Waals surface area (Å²) in [5, 5.41) is 14.3. The number of aryl methyl sites for hydroxylation is 1. The van der Waals surface area contributed by atoms with Gasteiger partial charge < -0.3 is 10.4 Å². The van der Waals surface area contributed by atoms with Crippen LogP contribution >= 0.6 is 11.3 Å². The van der Waals surface area contributed by atoms with Gasteiger partial charge in [0.05, 0.1) is 11.8 Å². The van der Waals surface area contributed by atoms with Crippen LogP contribution in [0.25, 0.3) is 10.6 Å². The van der Waals surface area contributed by atoms with E-state index in [0.717, 1.165) is 42.1 Å². The monoisotopic (exact) mass is 348 g/mol. The summed E-state index contributed by atoms with van der Waals surface area (Å²) in [4.78, 5) is 5.88. The van der Waals surface area contributed by atoms with E-state index in [4.69, 9.17) is 0 Å². The van der Waals surface area contributed by atoms with Crippen LogP contribution in [0.5, 0.6) is 0 Å². The minimum atomic E-state index is -0.225. The minimum Gasteiger partial charge on any atom is -0.393 e. The Morgan fingerprint density at radius 2 is 2.08 bits per heavy atom. The van der Waals surface area contributed by atoms with E-state index in [1.807, 2.05) is 6.92 Å². The number of benzene rings is 1. The number of aromatic nitrogens is 1. The van der Waals surface area contributed by atoms with E-state index >= 15 is 0 Å². The third-order valence-electron chi connectivity index (χ3n) is 4.78. The molecule has 3 nitrogen and oxygen atoms in total. The van der Waals surface area contributed by atoms with Crippen LogP contribution in [0.1, 0.15) is 49.2 Å². The number of aliphatic hydroxyl groups is 1. The maximum absolute atomic E-state index is 13.1. The molecule has 3 unspecified atom stereocenters. The Morgan fingerprint density at radius 3 is 2.79 bits per heavy atom. The third kappa shape index (κ3) is 4.21. The number of nitrogens with zero attached hydrogens (tertiary/aromatic N) is 1. The lowest BCUT2D eigenvalue weighted by atomic mass is 9.87. The first kappa shape index (κ1) is 17.5. The van der Waals surface area contributed by atoms with Crippen LogP contribution in [0.3, 0.4) is 0 Å². The zero-order valence-electron chi connectivity index (χ0n) is 14.3. The molecule has 130 valence electrons. The van der Waals surface area contributed by atoms with Crippen molar-refractivity contribution in [3.8, 4) is 10.6 Å². The summed E-state index contributed by atoms with van der Waals surface area (Å²) in [6.45, 7) is 5.12. The highest BCUT2D eigenvalue weighted by molar-refractivity contribution is 7.15. The number of hydrogen-bond donors (Lipinski definition) is 2. The largest absolute Gasteiger partial charge is 0.393 e. The standard InChI is InChI=1S/C19H25FN2OS/c1-12(21-11-14-4-3-5-17(23)10-14)18-13(2)22-19(24-18)15-6-8-16(20)9-7-15/h6-9,12,14,17,21,23H,3-5,10-11H2,1-2H3.